The predicted molar refractivity (Wildman–Crippen MR) is 118 cm³/mol. The van der Waals surface area contributed by atoms with Crippen LogP contribution in [-0.2, 0) is 10.3 Å². The first-order chi connectivity index (χ1) is 14.6. The van der Waals surface area contributed by atoms with Crippen molar-refractivity contribution in [3.8, 4) is 11.8 Å². The number of pyridine rings is 1. The van der Waals surface area contributed by atoms with E-state index in [2.05, 4.69) is 27.1 Å². The topological polar surface area (TPSA) is 80.2 Å². The molecule has 1 N–H and O–H groups in total. The molecule has 7 nitrogen and oxygen atoms in total. The highest BCUT2D eigenvalue weighted by Crippen LogP contribution is 2.49. The first-order valence-electron chi connectivity index (χ1n) is 9.88. The first kappa shape index (κ1) is 22.1. The fourth-order valence-electron chi connectivity index (χ4n) is 4.27. The number of nitrogens with one attached hydrogen (secondary N) is 1. The molecule has 2 bridgehead atoms. The number of thioether (sulfide) groups is 1. The van der Waals surface area contributed by atoms with E-state index in [1.807, 2.05) is 27.0 Å². The van der Waals surface area contributed by atoms with Gasteiger partial charge in [-0.3, -0.25) is 4.90 Å². The molecule has 0 aromatic carbocycles. The molecule has 10 heteroatoms. The number of nitrogens with zero attached hydrogens (tertiary/aromatic N) is 4. The Morgan fingerprint density at radius 2 is 2.13 bits per heavy atom. The minimum absolute atomic E-state index is 0.0443. The van der Waals surface area contributed by atoms with E-state index in [0.29, 0.717) is 41.4 Å². The summed E-state index contributed by atoms with van der Waals surface area (Å²) in [6, 6.07) is -0.0443. The second-order valence-corrected chi connectivity index (χ2v) is 9.72. The number of piperazine rings is 1. The summed E-state index contributed by atoms with van der Waals surface area (Å²) in [5.74, 6) is 4.97. The highest BCUT2D eigenvalue weighted by Gasteiger charge is 2.60. The van der Waals surface area contributed by atoms with Crippen LogP contribution in [-0.4, -0.2) is 56.9 Å². The Balaban J connectivity index is 1.98. The highest BCUT2D eigenvalue weighted by atomic mass is 35.5. The molecule has 2 aromatic rings. The van der Waals surface area contributed by atoms with E-state index < -0.39 is 23.1 Å². The number of fused-ring (bicyclic) bond motifs is 3. The lowest BCUT2D eigenvalue weighted by Crippen LogP contribution is -2.76. The molecule has 0 spiro atoms. The second kappa shape index (κ2) is 7.76. The zero-order chi connectivity index (χ0) is 22.6. The largest absolute Gasteiger partial charge is 0.444 e. The van der Waals surface area contributed by atoms with E-state index in [1.54, 1.807) is 11.8 Å². The molecule has 5 rings (SSSR count). The van der Waals surface area contributed by atoms with Crippen LogP contribution in [0.15, 0.2) is 5.16 Å². The third-order valence-corrected chi connectivity index (χ3v) is 6.18. The number of carbonyl (C=O) groups is 1. The fourth-order valence-corrected chi connectivity index (χ4v) is 4.81. The normalized spacial score (nSPS) is 22.5. The summed E-state index contributed by atoms with van der Waals surface area (Å²) in [5.41, 5.74) is -0.604. The van der Waals surface area contributed by atoms with Gasteiger partial charge in [0.05, 0.1) is 17.1 Å². The van der Waals surface area contributed by atoms with Gasteiger partial charge in [-0.05, 0) is 46.3 Å². The van der Waals surface area contributed by atoms with Crippen molar-refractivity contribution in [1.82, 2.24) is 25.2 Å². The monoisotopic (exact) mass is 463 g/mol. The van der Waals surface area contributed by atoms with Gasteiger partial charge >= 0.3 is 6.09 Å². The zero-order valence-electron chi connectivity index (χ0n) is 18.0. The summed E-state index contributed by atoms with van der Waals surface area (Å²) in [5, 5.41) is 3.82. The molecule has 3 fully saturated rings. The van der Waals surface area contributed by atoms with Gasteiger partial charge in [0.15, 0.2) is 16.1 Å². The number of amides is 1. The Morgan fingerprint density at radius 3 is 2.74 bits per heavy atom. The van der Waals surface area contributed by atoms with E-state index in [1.165, 1.54) is 11.8 Å². The maximum Gasteiger partial charge on any atom is 0.411 e. The Hall–Kier alpha value is -2.15. The predicted octanol–water partition coefficient (Wildman–Crippen LogP) is 3.72. The van der Waals surface area contributed by atoms with Crippen LogP contribution in [0.3, 0.4) is 0 Å². The van der Waals surface area contributed by atoms with Crippen LogP contribution in [0.5, 0.6) is 0 Å². The Morgan fingerprint density at radius 1 is 1.39 bits per heavy atom. The average Bonchev–Trinajstić information content (AvgIpc) is 2.69. The molecular weight excluding hydrogens is 441 g/mol. The number of aromatic nitrogens is 3. The summed E-state index contributed by atoms with van der Waals surface area (Å²) in [6.45, 7) is 8.24. The van der Waals surface area contributed by atoms with Gasteiger partial charge in [-0.2, -0.15) is 0 Å². The molecule has 164 valence electrons. The number of halogens is 2. The maximum atomic E-state index is 15.0. The molecule has 5 heterocycles. The van der Waals surface area contributed by atoms with E-state index in [0.717, 1.165) is 0 Å². The number of rotatable bonds is 2. The highest BCUT2D eigenvalue weighted by molar-refractivity contribution is 7.98. The quantitative estimate of drug-likeness (QED) is 0.314. The van der Waals surface area contributed by atoms with E-state index in [9.17, 15) is 4.79 Å². The van der Waals surface area contributed by atoms with Crippen molar-refractivity contribution in [2.45, 2.75) is 56.5 Å². The van der Waals surface area contributed by atoms with E-state index >= 15 is 4.39 Å². The first-order valence-corrected chi connectivity index (χ1v) is 11.5. The number of hydrogen-bond donors (Lipinski definition) is 1. The molecule has 0 radical (unpaired) electrons. The number of hydrogen-bond acceptors (Lipinski definition) is 7. The summed E-state index contributed by atoms with van der Waals surface area (Å²) >= 11 is 7.33. The van der Waals surface area contributed by atoms with Gasteiger partial charge in [-0.15, -0.1) is 0 Å². The van der Waals surface area contributed by atoms with E-state index in [-0.39, 0.29) is 16.7 Å². The van der Waals surface area contributed by atoms with Crippen molar-refractivity contribution >= 4 is 40.4 Å². The molecule has 0 aliphatic carbocycles. The summed E-state index contributed by atoms with van der Waals surface area (Å²) in [7, 11) is 0. The molecule has 0 saturated carbocycles. The zero-order valence-corrected chi connectivity index (χ0v) is 19.5. The summed E-state index contributed by atoms with van der Waals surface area (Å²) in [6.07, 6.45) is 2.06. The Labute approximate surface area is 189 Å². The van der Waals surface area contributed by atoms with Gasteiger partial charge < -0.3 is 10.1 Å². The number of carbonyl (C=O) groups excluding carboxylic acids is 1. The van der Waals surface area contributed by atoms with Crippen LogP contribution < -0.4 is 5.32 Å². The van der Waals surface area contributed by atoms with Gasteiger partial charge in [0.2, 0.25) is 0 Å². The summed E-state index contributed by atoms with van der Waals surface area (Å²) < 4.78 is 20.7. The third kappa shape index (κ3) is 3.60. The lowest BCUT2D eigenvalue weighted by atomic mass is 9.72. The van der Waals surface area contributed by atoms with Crippen molar-refractivity contribution in [2.24, 2.45) is 0 Å². The van der Waals surface area contributed by atoms with Gasteiger partial charge in [0.25, 0.3) is 0 Å². The second-order valence-electron chi connectivity index (χ2n) is 8.59. The third-order valence-electron chi connectivity index (χ3n) is 5.38. The lowest BCUT2D eigenvalue weighted by molar-refractivity contribution is -0.104. The van der Waals surface area contributed by atoms with Crippen LogP contribution in [0.25, 0.3) is 10.9 Å². The lowest BCUT2D eigenvalue weighted by Gasteiger charge is -2.61. The number of piperidine rings is 1. The number of ether oxygens (including phenoxy) is 1. The van der Waals surface area contributed by atoms with Crippen LogP contribution >= 0.6 is 23.4 Å². The Bertz CT molecular complexity index is 1140. The van der Waals surface area contributed by atoms with Crippen molar-refractivity contribution in [3.63, 3.8) is 0 Å². The van der Waals surface area contributed by atoms with Crippen LogP contribution in [0.2, 0.25) is 5.15 Å². The minimum Gasteiger partial charge on any atom is -0.444 e. The molecule has 31 heavy (non-hydrogen) atoms. The van der Waals surface area contributed by atoms with Gasteiger partial charge in [-0.1, -0.05) is 29.3 Å². The molecule has 2 unspecified atom stereocenters. The molecular formula is C21H23ClFN5O2S. The minimum atomic E-state index is -0.816. The van der Waals surface area contributed by atoms with Gasteiger partial charge in [0, 0.05) is 13.1 Å². The van der Waals surface area contributed by atoms with Crippen molar-refractivity contribution in [2.75, 3.05) is 19.3 Å². The molecule has 1 amide bonds. The SMILES string of the molecule is CC#Cc1nc(Cl)c(F)c2nc(SC)nc(C34CNCC(C3)N4C(=O)OC(C)(C)C)c12. The van der Waals surface area contributed by atoms with Gasteiger partial charge in [-0.25, -0.2) is 24.1 Å². The maximum absolute atomic E-state index is 15.0. The molecule has 2 atom stereocenters. The Kier molecular flexibility index (Phi) is 5.53. The molecule has 2 aromatic heterocycles. The van der Waals surface area contributed by atoms with Gasteiger partial charge in [0.1, 0.15) is 22.4 Å². The summed E-state index contributed by atoms with van der Waals surface area (Å²) in [4.78, 5) is 28.1. The van der Waals surface area contributed by atoms with Crippen molar-refractivity contribution < 1.29 is 13.9 Å². The fraction of sp³-hybridized carbons (Fsp3) is 0.524. The van der Waals surface area contributed by atoms with Crippen molar-refractivity contribution in [1.29, 1.82) is 0 Å². The van der Waals surface area contributed by atoms with Crippen LogP contribution in [0.1, 0.15) is 45.5 Å². The standard InChI is InChI=1S/C21H23ClFN5O2S/c1-6-7-12-13-15(14(23)17(22)25-12)26-18(31-5)27-16(13)21-8-11(9-24-10-21)28(21)19(29)30-20(2,3)4/h11,24H,8-10H2,1-5H3. The average molecular weight is 464 g/mol. The van der Waals surface area contributed by atoms with E-state index in [4.69, 9.17) is 21.3 Å². The van der Waals surface area contributed by atoms with Crippen LogP contribution in [0, 0.1) is 17.7 Å². The molecule has 3 aliphatic heterocycles. The molecule has 3 aliphatic rings. The van der Waals surface area contributed by atoms with Crippen LogP contribution in [0.4, 0.5) is 9.18 Å². The smallest absolute Gasteiger partial charge is 0.411 e. The van der Waals surface area contributed by atoms with Crippen molar-refractivity contribution in [3.05, 3.63) is 22.4 Å². The molecule has 3 saturated heterocycles.